The Labute approximate surface area is 127 Å². The van der Waals surface area contributed by atoms with Gasteiger partial charge in [0.1, 0.15) is 0 Å². The summed E-state index contributed by atoms with van der Waals surface area (Å²) in [7, 11) is 0. The molecule has 1 atom stereocenters. The van der Waals surface area contributed by atoms with Crippen LogP contribution in [0.5, 0.6) is 0 Å². The highest BCUT2D eigenvalue weighted by Gasteiger charge is 2.19. The predicted octanol–water partition coefficient (Wildman–Crippen LogP) is 3.52. The number of fused-ring (bicyclic) bond motifs is 1. The van der Waals surface area contributed by atoms with Crippen molar-refractivity contribution in [2.75, 3.05) is 19.7 Å². The summed E-state index contributed by atoms with van der Waals surface area (Å²) in [5, 5.41) is 3.54. The second-order valence-corrected chi connectivity index (χ2v) is 5.60. The standard InChI is InChI=1S/C19H23NO/c1-2-7-16(8-3-1)9-6-13-20-15-19-18-11-5-4-10-17(18)12-14-21-19/h1-5,7-8,10-11,19-20H,6,9,12-15H2. The van der Waals surface area contributed by atoms with E-state index in [0.717, 1.165) is 32.5 Å². The minimum Gasteiger partial charge on any atom is -0.372 e. The monoisotopic (exact) mass is 281 g/mol. The summed E-state index contributed by atoms with van der Waals surface area (Å²) in [5.41, 5.74) is 4.22. The van der Waals surface area contributed by atoms with Gasteiger partial charge in [0, 0.05) is 6.54 Å². The van der Waals surface area contributed by atoms with Crippen molar-refractivity contribution in [2.45, 2.75) is 25.4 Å². The highest BCUT2D eigenvalue weighted by Crippen LogP contribution is 2.26. The van der Waals surface area contributed by atoms with Gasteiger partial charge in [-0.3, -0.25) is 0 Å². The summed E-state index contributed by atoms with van der Waals surface area (Å²) in [6.07, 6.45) is 3.56. The first-order valence-electron chi connectivity index (χ1n) is 7.87. The number of ether oxygens (including phenoxy) is 1. The maximum atomic E-state index is 5.91. The van der Waals surface area contributed by atoms with Crippen LogP contribution in [0.4, 0.5) is 0 Å². The number of benzene rings is 2. The fourth-order valence-electron chi connectivity index (χ4n) is 2.94. The Morgan fingerprint density at radius 3 is 2.71 bits per heavy atom. The molecule has 3 rings (SSSR count). The number of rotatable bonds is 6. The SMILES string of the molecule is c1ccc(CCCNCC2OCCc3ccccc32)cc1. The summed E-state index contributed by atoms with van der Waals surface area (Å²) in [4.78, 5) is 0. The summed E-state index contributed by atoms with van der Waals surface area (Å²) in [6.45, 7) is 2.79. The Kier molecular flexibility index (Phi) is 5.03. The van der Waals surface area contributed by atoms with Gasteiger partial charge in [0.15, 0.2) is 0 Å². The minimum atomic E-state index is 0.215. The summed E-state index contributed by atoms with van der Waals surface area (Å²) in [5.74, 6) is 0. The van der Waals surface area contributed by atoms with Gasteiger partial charge in [-0.25, -0.2) is 0 Å². The molecule has 0 saturated heterocycles. The van der Waals surface area contributed by atoms with E-state index in [-0.39, 0.29) is 6.10 Å². The second kappa shape index (κ2) is 7.39. The van der Waals surface area contributed by atoms with Crippen molar-refractivity contribution in [3.8, 4) is 0 Å². The van der Waals surface area contributed by atoms with Gasteiger partial charge >= 0.3 is 0 Å². The van der Waals surface area contributed by atoms with Gasteiger partial charge in [-0.15, -0.1) is 0 Å². The van der Waals surface area contributed by atoms with Crippen LogP contribution in [0.2, 0.25) is 0 Å². The molecular weight excluding hydrogens is 258 g/mol. The molecule has 0 radical (unpaired) electrons. The van der Waals surface area contributed by atoms with E-state index in [1.807, 2.05) is 0 Å². The zero-order valence-corrected chi connectivity index (χ0v) is 12.4. The molecule has 1 unspecified atom stereocenters. The Hall–Kier alpha value is -1.64. The van der Waals surface area contributed by atoms with Crippen molar-refractivity contribution < 1.29 is 4.74 Å². The molecule has 0 aliphatic carbocycles. The lowest BCUT2D eigenvalue weighted by Crippen LogP contribution is -2.28. The Morgan fingerprint density at radius 1 is 1.00 bits per heavy atom. The van der Waals surface area contributed by atoms with Crippen molar-refractivity contribution in [1.29, 1.82) is 0 Å². The van der Waals surface area contributed by atoms with Gasteiger partial charge in [0.05, 0.1) is 12.7 Å². The third kappa shape index (κ3) is 3.93. The van der Waals surface area contributed by atoms with Gasteiger partial charge < -0.3 is 10.1 Å². The zero-order valence-electron chi connectivity index (χ0n) is 12.4. The molecule has 0 aromatic heterocycles. The smallest absolute Gasteiger partial charge is 0.0952 e. The van der Waals surface area contributed by atoms with E-state index in [9.17, 15) is 0 Å². The molecule has 2 nitrogen and oxygen atoms in total. The van der Waals surface area contributed by atoms with Crippen LogP contribution in [0.25, 0.3) is 0 Å². The van der Waals surface area contributed by atoms with Crippen LogP contribution >= 0.6 is 0 Å². The van der Waals surface area contributed by atoms with Gasteiger partial charge in [0.25, 0.3) is 0 Å². The van der Waals surface area contributed by atoms with E-state index < -0.39 is 0 Å². The first-order valence-corrected chi connectivity index (χ1v) is 7.87. The highest BCUT2D eigenvalue weighted by molar-refractivity contribution is 5.31. The molecule has 1 aliphatic heterocycles. The van der Waals surface area contributed by atoms with E-state index in [1.54, 1.807) is 0 Å². The van der Waals surface area contributed by atoms with Crippen LogP contribution in [0.3, 0.4) is 0 Å². The zero-order chi connectivity index (χ0) is 14.3. The molecule has 0 saturated carbocycles. The van der Waals surface area contributed by atoms with E-state index in [4.69, 9.17) is 4.74 Å². The van der Waals surface area contributed by atoms with Crippen molar-refractivity contribution in [3.63, 3.8) is 0 Å². The second-order valence-electron chi connectivity index (χ2n) is 5.60. The molecule has 1 N–H and O–H groups in total. The molecule has 0 bridgehead atoms. The number of hydrogen-bond acceptors (Lipinski definition) is 2. The largest absolute Gasteiger partial charge is 0.372 e. The number of hydrogen-bond donors (Lipinski definition) is 1. The third-order valence-electron chi connectivity index (χ3n) is 4.08. The van der Waals surface area contributed by atoms with Crippen LogP contribution in [-0.2, 0) is 17.6 Å². The molecule has 1 aliphatic rings. The third-order valence-corrected chi connectivity index (χ3v) is 4.08. The molecule has 0 spiro atoms. The van der Waals surface area contributed by atoms with E-state index in [2.05, 4.69) is 59.9 Å². The molecule has 110 valence electrons. The van der Waals surface area contributed by atoms with Crippen LogP contribution in [0, 0.1) is 0 Å². The molecule has 2 aromatic carbocycles. The average molecular weight is 281 g/mol. The maximum absolute atomic E-state index is 5.91. The van der Waals surface area contributed by atoms with Crippen LogP contribution in [0.1, 0.15) is 29.2 Å². The molecule has 0 fully saturated rings. The lowest BCUT2D eigenvalue weighted by atomic mass is 9.97. The lowest BCUT2D eigenvalue weighted by Gasteiger charge is -2.26. The number of nitrogens with one attached hydrogen (secondary N) is 1. The van der Waals surface area contributed by atoms with Gasteiger partial charge in [-0.2, -0.15) is 0 Å². The lowest BCUT2D eigenvalue weighted by molar-refractivity contribution is 0.0426. The van der Waals surface area contributed by atoms with Gasteiger partial charge in [-0.1, -0.05) is 54.6 Å². The molecular formula is C19H23NO. The highest BCUT2D eigenvalue weighted by atomic mass is 16.5. The number of aryl methyl sites for hydroxylation is 1. The molecule has 21 heavy (non-hydrogen) atoms. The van der Waals surface area contributed by atoms with E-state index in [1.165, 1.54) is 23.1 Å². The van der Waals surface area contributed by atoms with Crippen LogP contribution in [-0.4, -0.2) is 19.7 Å². The Bertz CT molecular complexity index is 553. The average Bonchev–Trinajstić information content (AvgIpc) is 2.56. The van der Waals surface area contributed by atoms with Crippen LogP contribution in [0.15, 0.2) is 54.6 Å². The topological polar surface area (TPSA) is 21.3 Å². The fourth-order valence-corrected chi connectivity index (χ4v) is 2.94. The van der Waals surface area contributed by atoms with Gasteiger partial charge in [0.2, 0.25) is 0 Å². The van der Waals surface area contributed by atoms with Crippen molar-refractivity contribution in [3.05, 3.63) is 71.3 Å². The van der Waals surface area contributed by atoms with Crippen molar-refractivity contribution >= 4 is 0 Å². The van der Waals surface area contributed by atoms with Crippen LogP contribution < -0.4 is 5.32 Å². The summed E-state index contributed by atoms with van der Waals surface area (Å²) >= 11 is 0. The molecule has 2 aromatic rings. The first kappa shape index (κ1) is 14.3. The first-order chi connectivity index (χ1) is 10.4. The van der Waals surface area contributed by atoms with E-state index in [0.29, 0.717) is 0 Å². The Morgan fingerprint density at radius 2 is 1.81 bits per heavy atom. The molecule has 1 heterocycles. The summed E-state index contributed by atoms with van der Waals surface area (Å²) in [6, 6.07) is 19.3. The van der Waals surface area contributed by atoms with Crippen molar-refractivity contribution in [1.82, 2.24) is 5.32 Å². The molecule has 0 amide bonds. The quantitative estimate of drug-likeness (QED) is 0.818. The van der Waals surface area contributed by atoms with Gasteiger partial charge in [-0.05, 0) is 42.5 Å². The molecule has 2 heteroatoms. The maximum Gasteiger partial charge on any atom is 0.0952 e. The predicted molar refractivity (Wildman–Crippen MR) is 86.5 cm³/mol. The van der Waals surface area contributed by atoms with Crippen molar-refractivity contribution in [2.24, 2.45) is 0 Å². The van der Waals surface area contributed by atoms with E-state index >= 15 is 0 Å². The normalized spacial score (nSPS) is 17.4. The summed E-state index contributed by atoms with van der Waals surface area (Å²) < 4.78 is 5.91. The fraction of sp³-hybridized carbons (Fsp3) is 0.368. The Balaban J connectivity index is 1.42. The minimum absolute atomic E-state index is 0.215.